The van der Waals surface area contributed by atoms with E-state index in [1.807, 2.05) is 30.4 Å². The lowest BCUT2D eigenvalue weighted by Crippen LogP contribution is -2.43. The van der Waals surface area contributed by atoms with E-state index in [4.69, 9.17) is 9.47 Å². The van der Waals surface area contributed by atoms with Gasteiger partial charge in [-0.2, -0.15) is 0 Å². The van der Waals surface area contributed by atoms with Crippen LogP contribution in [0.1, 0.15) is 39.2 Å². The first-order valence-electron chi connectivity index (χ1n) is 8.58. The van der Waals surface area contributed by atoms with Crippen LogP contribution in [0.5, 0.6) is 11.5 Å². The lowest BCUT2D eigenvalue weighted by Gasteiger charge is -2.24. The zero-order valence-corrected chi connectivity index (χ0v) is 14.4. The number of rotatable bonds is 2. The molecule has 1 aliphatic carbocycles. The fourth-order valence-electron chi connectivity index (χ4n) is 3.62. The fraction of sp³-hybridized carbons (Fsp3) is 0.316. The third-order valence-corrected chi connectivity index (χ3v) is 6.07. The van der Waals surface area contributed by atoms with Crippen molar-refractivity contribution >= 4 is 28.3 Å². The Kier molecular flexibility index (Phi) is 3.45. The molecule has 1 amide bonds. The number of hydrogen-bond donors (Lipinski definition) is 2. The van der Waals surface area contributed by atoms with Crippen molar-refractivity contribution in [3.05, 3.63) is 45.8 Å². The molecule has 5 rings (SSSR count). The Labute approximate surface area is 149 Å². The molecule has 1 aromatic heterocycles. The van der Waals surface area contributed by atoms with E-state index in [1.165, 1.54) is 23.3 Å². The molecule has 1 unspecified atom stereocenters. The molecular formula is C19H18N2O3S. The molecule has 0 spiro atoms. The molecule has 25 heavy (non-hydrogen) atoms. The Morgan fingerprint density at radius 3 is 2.96 bits per heavy atom. The maximum absolute atomic E-state index is 12.6. The van der Waals surface area contributed by atoms with E-state index in [2.05, 4.69) is 10.6 Å². The van der Waals surface area contributed by atoms with E-state index in [1.54, 1.807) is 11.3 Å². The second-order valence-corrected chi connectivity index (χ2v) is 7.59. The second-order valence-electron chi connectivity index (χ2n) is 6.48. The van der Waals surface area contributed by atoms with E-state index in [9.17, 15) is 4.79 Å². The minimum absolute atomic E-state index is 0.0356. The summed E-state index contributed by atoms with van der Waals surface area (Å²) in [5.74, 6) is 1.57. The summed E-state index contributed by atoms with van der Waals surface area (Å²) < 4.78 is 10.7. The van der Waals surface area contributed by atoms with E-state index in [-0.39, 0.29) is 18.9 Å². The zero-order chi connectivity index (χ0) is 16.8. The molecule has 2 N–H and O–H groups in total. The molecule has 6 heteroatoms. The van der Waals surface area contributed by atoms with Crippen LogP contribution < -0.4 is 20.1 Å². The van der Waals surface area contributed by atoms with Crippen LogP contribution >= 0.6 is 11.3 Å². The number of aryl methyl sites for hydroxylation is 1. The molecule has 1 atom stereocenters. The normalized spacial score (nSPS) is 20.8. The van der Waals surface area contributed by atoms with Gasteiger partial charge in [0.1, 0.15) is 11.2 Å². The second kappa shape index (κ2) is 5.81. The van der Waals surface area contributed by atoms with E-state index in [0.717, 1.165) is 40.5 Å². The Morgan fingerprint density at radius 2 is 2.00 bits per heavy atom. The molecular weight excluding hydrogens is 336 g/mol. The quantitative estimate of drug-likeness (QED) is 0.866. The number of amides is 1. The molecule has 0 bridgehead atoms. The number of carbonyl (C=O) groups is 1. The first-order chi connectivity index (χ1) is 12.3. The van der Waals surface area contributed by atoms with Gasteiger partial charge in [0.25, 0.3) is 5.91 Å². The molecule has 1 aromatic carbocycles. The van der Waals surface area contributed by atoms with Gasteiger partial charge in [-0.1, -0.05) is 12.1 Å². The van der Waals surface area contributed by atoms with Crippen molar-refractivity contribution in [2.45, 2.75) is 31.8 Å². The molecule has 2 aromatic rings. The van der Waals surface area contributed by atoms with Crippen molar-refractivity contribution in [1.29, 1.82) is 0 Å². The summed E-state index contributed by atoms with van der Waals surface area (Å²) in [7, 11) is 0. The zero-order valence-electron chi connectivity index (χ0n) is 13.6. The van der Waals surface area contributed by atoms with Gasteiger partial charge in [-0.15, -0.1) is 11.3 Å². The van der Waals surface area contributed by atoms with Crippen molar-refractivity contribution in [2.75, 3.05) is 12.1 Å². The summed E-state index contributed by atoms with van der Waals surface area (Å²) >= 11 is 1.74. The molecule has 0 saturated heterocycles. The van der Waals surface area contributed by atoms with Crippen LogP contribution in [0.4, 0.5) is 5.00 Å². The van der Waals surface area contributed by atoms with Gasteiger partial charge in [0.2, 0.25) is 6.79 Å². The van der Waals surface area contributed by atoms with Gasteiger partial charge in [0, 0.05) is 4.88 Å². The largest absolute Gasteiger partial charge is 0.454 e. The molecule has 0 radical (unpaired) electrons. The van der Waals surface area contributed by atoms with Gasteiger partial charge in [-0.3, -0.25) is 4.79 Å². The Morgan fingerprint density at radius 1 is 1.12 bits per heavy atom. The highest BCUT2D eigenvalue weighted by Crippen LogP contribution is 2.40. The summed E-state index contributed by atoms with van der Waals surface area (Å²) in [5.41, 5.74) is 3.14. The third-order valence-electron chi connectivity index (χ3n) is 4.85. The fourth-order valence-corrected chi connectivity index (χ4v) is 4.94. The van der Waals surface area contributed by atoms with Crippen molar-refractivity contribution in [2.24, 2.45) is 0 Å². The Balaban J connectivity index is 1.38. The van der Waals surface area contributed by atoms with Gasteiger partial charge < -0.3 is 20.1 Å². The molecule has 128 valence electrons. The predicted molar refractivity (Wildman–Crippen MR) is 97.4 cm³/mol. The number of benzene rings is 1. The number of fused-ring (bicyclic) bond motifs is 4. The SMILES string of the molecule is O=C1NC(/C=C\c2ccc3c(c2)OCO3)Nc2sc3c(c21)CCCC3. The number of nitrogens with one attached hydrogen (secondary N) is 2. The Bertz CT molecular complexity index is 887. The Hall–Kier alpha value is -2.47. The summed E-state index contributed by atoms with van der Waals surface area (Å²) in [4.78, 5) is 14.0. The lowest BCUT2D eigenvalue weighted by atomic mass is 9.94. The van der Waals surface area contributed by atoms with Gasteiger partial charge >= 0.3 is 0 Å². The van der Waals surface area contributed by atoms with Crippen LogP contribution in [0.15, 0.2) is 24.3 Å². The smallest absolute Gasteiger partial charge is 0.256 e. The maximum atomic E-state index is 12.6. The monoisotopic (exact) mass is 354 g/mol. The van der Waals surface area contributed by atoms with Crippen LogP contribution in [-0.4, -0.2) is 18.9 Å². The molecule has 2 aliphatic heterocycles. The average Bonchev–Trinajstić information content (AvgIpc) is 3.23. The highest BCUT2D eigenvalue weighted by atomic mass is 32.1. The molecule has 0 fully saturated rings. The van der Waals surface area contributed by atoms with Gasteiger partial charge in [0.05, 0.1) is 5.56 Å². The van der Waals surface area contributed by atoms with Gasteiger partial charge in [-0.05, 0) is 55.0 Å². The van der Waals surface area contributed by atoms with E-state index in [0.29, 0.717) is 0 Å². The van der Waals surface area contributed by atoms with Crippen LogP contribution in [0.25, 0.3) is 6.08 Å². The summed E-state index contributed by atoms with van der Waals surface area (Å²) in [6.07, 6.45) is 8.27. The van der Waals surface area contributed by atoms with Crippen LogP contribution in [0.2, 0.25) is 0 Å². The number of hydrogen-bond acceptors (Lipinski definition) is 5. The molecule has 3 aliphatic rings. The molecule has 5 nitrogen and oxygen atoms in total. The first-order valence-corrected chi connectivity index (χ1v) is 9.39. The van der Waals surface area contributed by atoms with Crippen LogP contribution in [0, 0.1) is 0 Å². The summed E-state index contributed by atoms with van der Waals surface area (Å²) in [6, 6.07) is 5.82. The highest BCUT2D eigenvalue weighted by molar-refractivity contribution is 7.16. The van der Waals surface area contributed by atoms with Crippen molar-refractivity contribution < 1.29 is 14.3 Å². The van der Waals surface area contributed by atoms with E-state index < -0.39 is 0 Å². The number of anilines is 1. The summed E-state index contributed by atoms with van der Waals surface area (Å²) in [5, 5.41) is 7.51. The topological polar surface area (TPSA) is 59.6 Å². The van der Waals surface area contributed by atoms with Crippen molar-refractivity contribution in [3.8, 4) is 11.5 Å². The lowest BCUT2D eigenvalue weighted by molar-refractivity contribution is 0.0943. The number of thiophene rings is 1. The standard InChI is InChI=1S/C19H18N2O3S/c22-18-17-12-3-1-2-4-15(12)25-19(17)21-16(20-18)8-6-11-5-7-13-14(9-11)24-10-23-13/h5-9,16,21H,1-4,10H2,(H,20,22)/b8-6-. The van der Waals surface area contributed by atoms with Crippen molar-refractivity contribution in [1.82, 2.24) is 5.32 Å². The first kappa shape index (κ1) is 14.8. The van der Waals surface area contributed by atoms with Crippen LogP contribution in [-0.2, 0) is 12.8 Å². The third kappa shape index (κ3) is 2.57. The predicted octanol–water partition coefficient (Wildman–Crippen LogP) is 3.55. The maximum Gasteiger partial charge on any atom is 0.256 e. The highest BCUT2D eigenvalue weighted by Gasteiger charge is 2.30. The van der Waals surface area contributed by atoms with Gasteiger partial charge in [0.15, 0.2) is 11.5 Å². The minimum atomic E-state index is -0.203. The minimum Gasteiger partial charge on any atom is -0.454 e. The van der Waals surface area contributed by atoms with E-state index >= 15 is 0 Å². The van der Waals surface area contributed by atoms with Gasteiger partial charge in [-0.25, -0.2) is 0 Å². The average molecular weight is 354 g/mol. The van der Waals surface area contributed by atoms with Crippen LogP contribution in [0.3, 0.4) is 0 Å². The summed E-state index contributed by atoms with van der Waals surface area (Å²) in [6.45, 7) is 0.272. The number of carbonyl (C=O) groups excluding carboxylic acids is 1. The van der Waals surface area contributed by atoms with Crippen molar-refractivity contribution in [3.63, 3.8) is 0 Å². The molecule has 0 saturated carbocycles. The molecule has 3 heterocycles. The number of ether oxygens (including phenoxy) is 2.